The molecule has 1 aromatic carbocycles. The molecule has 0 saturated carbocycles. The van der Waals surface area contributed by atoms with Crippen molar-refractivity contribution < 1.29 is 4.74 Å². The van der Waals surface area contributed by atoms with Gasteiger partial charge in [-0.1, -0.05) is 30.0 Å². The first-order valence-electron chi connectivity index (χ1n) is 6.30. The number of rotatable bonds is 4. The SMILES string of the molecule is COc1ccccc1Sc1nc2ccccn2c1CN. The summed E-state index contributed by atoms with van der Waals surface area (Å²) in [6, 6.07) is 13.8. The van der Waals surface area contributed by atoms with Gasteiger partial charge in [-0.15, -0.1) is 0 Å². The number of methoxy groups -OCH3 is 1. The van der Waals surface area contributed by atoms with Gasteiger partial charge in [-0.3, -0.25) is 0 Å². The lowest BCUT2D eigenvalue weighted by Crippen LogP contribution is -2.01. The van der Waals surface area contributed by atoms with Gasteiger partial charge in [-0.05, 0) is 24.3 Å². The first-order valence-corrected chi connectivity index (χ1v) is 7.12. The quantitative estimate of drug-likeness (QED) is 0.800. The first-order chi connectivity index (χ1) is 9.83. The number of hydrogen-bond donors (Lipinski definition) is 1. The molecule has 2 N–H and O–H groups in total. The summed E-state index contributed by atoms with van der Waals surface area (Å²) in [5, 5.41) is 0.920. The van der Waals surface area contributed by atoms with Crippen LogP contribution in [0.3, 0.4) is 0 Å². The molecule has 0 aliphatic rings. The van der Waals surface area contributed by atoms with Gasteiger partial charge in [0.05, 0.1) is 17.7 Å². The summed E-state index contributed by atoms with van der Waals surface area (Å²) < 4.78 is 7.40. The Morgan fingerprint density at radius 1 is 1.20 bits per heavy atom. The van der Waals surface area contributed by atoms with E-state index in [0.29, 0.717) is 6.54 Å². The molecule has 2 heterocycles. The fourth-order valence-corrected chi connectivity index (χ4v) is 3.15. The maximum Gasteiger partial charge on any atom is 0.138 e. The van der Waals surface area contributed by atoms with E-state index in [9.17, 15) is 0 Å². The minimum Gasteiger partial charge on any atom is -0.496 e. The van der Waals surface area contributed by atoms with Crippen molar-refractivity contribution in [1.82, 2.24) is 9.38 Å². The number of nitrogens with two attached hydrogens (primary N) is 1. The van der Waals surface area contributed by atoms with Crippen molar-refractivity contribution in [2.24, 2.45) is 5.73 Å². The number of para-hydroxylation sites is 1. The molecule has 102 valence electrons. The minimum absolute atomic E-state index is 0.447. The highest BCUT2D eigenvalue weighted by Gasteiger charge is 2.13. The van der Waals surface area contributed by atoms with Gasteiger partial charge < -0.3 is 14.9 Å². The van der Waals surface area contributed by atoms with Crippen LogP contribution >= 0.6 is 11.8 Å². The van der Waals surface area contributed by atoms with Gasteiger partial charge in [0.1, 0.15) is 16.4 Å². The van der Waals surface area contributed by atoms with E-state index in [4.69, 9.17) is 10.5 Å². The Hall–Kier alpha value is -1.98. The third kappa shape index (κ3) is 2.26. The molecule has 4 nitrogen and oxygen atoms in total. The summed E-state index contributed by atoms with van der Waals surface area (Å²) in [6.07, 6.45) is 1.98. The minimum atomic E-state index is 0.447. The van der Waals surface area contributed by atoms with E-state index in [1.54, 1.807) is 18.9 Å². The van der Waals surface area contributed by atoms with E-state index < -0.39 is 0 Å². The van der Waals surface area contributed by atoms with Crippen molar-refractivity contribution in [2.75, 3.05) is 7.11 Å². The molecule has 0 fully saturated rings. The van der Waals surface area contributed by atoms with Gasteiger partial charge >= 0.3 is 0 Å². The Morgan fingerprint density at radius 2 is 2.00 bits per heavy atom. The van der Waals surface area contributed by atoms with E-state index in [0.717, 1.165) is 27.0 Å². The fraction of sp³-hybridized carbons (Fsp3) is 0.133. The molecule has 0 aliphatic carbocycles. The molecule has 0 saturated heterocycles. The second-order valence-electron chi connectivity index (χ2n) is 4.25. The lowest BCUT2D eigenvalue weighted by molar-refractivity contribution is 0.405. The maximum absolute atomic E-state index is 5.88. The molecule has 0 amide bonds. The molecule has 0 unspecified atom stereocenters. The smallest absolute Gasteiger partial charge is 0.138 e. The second-order valence-corrected chi connectivity index (χ2v) is 5.28. The number of ether oxygens (including phenoxy) is 1. The zero-order valence-corrected chi connectivity index (χ0v) is 11.9. The largest absolute Gasteiger partial charge is 0.496 e. The Morgan fingerprint density at radius 3 is 2.80 bits per heavy atom. The van der Waals surface area contributed by atoms with Crippen molar-refractivity contribution >= 4 is 17.4 Å². The van der Waals surface area contributed by atoms with Crippen LogP contribution in [-0.4, -0.2) is 16.5 Å². The predicted molar refractivity (Wildman–Crippen MR) is 80.2 cm³/mol. The molecular formula is C15H15N3OS. The summed E-state index contributed by atoms with van der Waals surface area (Å²) >= 11 is 1.58. The Bertz CT molecular complexity index is 739. The van der Waals surface area contributed by atoms with Crippen LogP contribution in [0.4, 0.5) is 0 Å². The third-order valence-electron chi connectivity index (χ3n) is 3.06. The van der Waals surface area contributed by atoms with Crippen molar-refractivity contribution in [3.8, 4) is 5.75 Å². The van der Waals surface area contributed by atoms with Gasteiger partial charge in [-0.25, -0.2) is 4.98 Å². The lowest BCUT2D eigenvalue weighted by Gasteiger charge is -2.07. The fourth-order valence-electron chi connectivity index (χ4n) is 2.10. The Balaban J connectivity index is 2.06. The molecular weight excluding hydrogens is 270 g/mol. The monoisotopic (exact) mass is 285 g/mol. The third-order valence-corrected chi connectivity index (χ3v) is 4.14. The summed E-state index contributed by atoms with van der Waals surface area (Å²) in [7, 11) is 1.67. The molecule has 3 aromatic rings. The van der Waals surface area contributed by atoms with Gasteiger partial charge in [-0.2, -0.15) is 0 Å². The molecule has 5 heteroatoms. The van der Waals surface area contributed by atoms with Crippen LogP contribution in [0.1, 0.15) is 5.69 Å². The van der Waals surface area contributed by atoms with E-state index in [1.165, 1.54) is 0 Å². The second kappa shape index (κ2) is 5.56. The Labute approximate surface area is 121 Å². The maximum atomic E-state index is 5.88. The number of pyridine rings is 1. The van der Waals surface area contributed by atoms with E-state index in [2.05, 4.69) is 4.98 Å². The van der Waals surface area contributed by atoms with Crippen LogP contribution in [-0.2, 0) is 6.54 Å². The van der Waals surface area contributed by atoms with Crippen LogP contribution in [0, 0.1) is 0 Å². The molecule has 0 bridgehead atoms. The zero-order valence-electron chi connectivity index (χ0n) is 11.1. The zero-order chi connectivity index (χ0) is 13.9. The van der Waals surface area contributed by atoms with Gasteiger partial charge in [0.15, 0.2) is 0 Å². The van der Waals surface area contributed by atoms with E-state index in [1.807, 2.05) is 53.1 Å². The number of nitrogens with zero attached hydrogens (tertiary/aromatic N) is 2. The molecule has 0 aliphatic heterocycles. The van der Waals surface area contributed by atoms with Gasteiger partial charge in [0, 0.05) is 12.7 Å². The molecule has 0 spiro atoms. The average molecular weight is 285 g/mol. The summed E-state index contributed by atoms with van der Waals surface area (Å²) in [4.78, 5) is 5.68. The van der Waals surface area contributed by atoms with Crippen LogP contribution in [0.25, 0.3) is 5.65 Å². The van der Waals surface area contributed by atoms with Crippen LogP contribution in [0.5, 0.6) is 5.75 Å². The van der Waals surface area contributed by atoms with Crippen LogP contribution in [0.2, 0.25) is 0 Å². The van der Waals surface area contributed by atoms with Crippen molar-refractivity contribution in [1.29, 1.82) is 0 Å². The van der Waals surface area contributed by atoms with Crippen LogP contribution < -0.4 is 10.5 Å². The first kappa shape index (κ1) is 13.0. The normalized spacial score (nSPS) is 10.9. The summed E-state index contributed by atoms with van der Waals surface area (Å²) in [5.74, 6) is 0.845. The highest BCUT2D eigenvalue weighted by atomic mass is 32.2. The van der Waals surface area contributed by atoms with E-state index >= 15 is 0 Å². The molecule has 0 atom stereocenters. The topological polar surface area (TPSA) is 52.5 Å². The average Bonchev–Trinajstić information content (AvgIpc) is 2.85. The summed E-state index contributed by atoms with van der Waals surface area (Å²) in [5.41, 5.74) is 7.80. The number of aromatic nitrogens is 2. The number of benzene rings is 1. The highest BCUT2D eigenvalue weighted by Crippen LogP contribution is 2.36. The highest BCUT2D eigenvalue weighted by molar-refractivity contribution is 7.99. The van der Waals surface area contributed by atoms with E-state index in [-0.39, 0.29) is 0 Å². The number of hydrogen-bond acceptors (Lipinski definition) is 4. The van der Waals surface area contributed by atoms with Crippen LogP contribution in [0.15, 0.2) is 58.6 Å². The van der Waals surface area contributed by atoms with Gasteiger partial charge in [0.2, 0.25) is 0 Å². The number of imidazole rings is 1. The Kier molecular flexibility index (Phi) is 3.62. The van der Waals surface area contributed by atoms with Crippen molar-refractivity contribution in [2.45, 2.75) is 16.5 Å². The summed E-state index contributed by atoms with van der Waals surface area (Å²) in [6.45, 7) is 0.447. The molecule has 2 aromatic heterocycles. The standard InChI is InChI=1S/C15H15N3OS/c1-19-12-6-2-3-7-13(12)20-15-11(10-16)18-9-5-4-8-14(18)17-15/h2-9H,10,16H2,1H3. The number of fused-ring (bicyclic) bond motifs is 1. The predicted octanol–water partition coefficient (Wildman–Crippen LogP) is 2.95. The van der Waals surface area contributed by atoms with Crippen molar-refractivity contribution in [3.05, 3.63) is 54.4 Å². The van der Waals surface area contributed by atoms with Crippen molar-refractivity contribution in [3.63, 3.8) is 0 Å². The lowest BCUT2D eigenvalue weighted by atomic mass is 10.3. The molecule has 20 heavy (non-hydrogen) atoms. The molecule has 0 radical (unpaired) electrons. The molecule has 3 rings (SSSR count). The van der Waals surface area contributed by atoms with Gasteiger partial charge in [0.25, 0.3) is 0 Å².